The Morgan fingerprint density at radius 1 is 0.829 bits per heavy atom. The Morgan fingerprint density at radius 3 is 1.94 bits per heavy atom. The Balaban J connectivity index is 1.55. The van der Waals surface area contributed by atoms with Gasteiger partial charge in [-0.05, 0) is 49.6 Å². The molecule has 0 atom stereocenters. The Hall–Kier alpha value is -3.16. The first-order valence-electron chi connectivity index (χ1n) is 12.0. The van der Waals surface area contributed by atoms with Gasteiger partial charge in [0.25, 0.3) is 0 Å². The maximum atomic E-state index is 13.9. The number of sulfonamides is 1. The van der Waals surface area contributed by atoms with Crippen molar-refractivity contribution in [1.29, 1.82) is 0 Å². The molecular formula is C28H33N3O3S. The number of amides is 1. The summed E-state index contributed by atoms with van der Waals surface area (Å²) < 4.78 is 29.1. The van der Waals surface area contributed by atoms with E-state index in [0.29, 0.717) is 29.1 Å². The summed E-state index contributed by atoms with van der Waals surface area (Å²) >= 11 is 0. The average Bonchev–Trinajstić information content (AvgIpc) is 2.84. The number of para-hydroxylation sites is 1. The third kappa shape index (κ3) is 5.74. The van der Waals surface area contributed by atoms with Crippen molar-refractivity contribution in [3.63, 3.8) is 0 Å². The van der Waals surface area contributed by atoms with Gasteiger partial charge in [-0.3, -0.25) is 4.79 Å². The van der Waals surface area contributed by atoms with Gasteiger partial charge in [0.2, 0.25) is 15.9 Å². The van der Waals surface area contributed by atoms with E-state index in [1.54, 1.807) is 4.90 Å². The number of aryl methyl sites for hydroxylation is 3. The number of benzene rings is 3. The highest BCUT2D eigenvalue weighted by Crippen LogP contribution is 2.27. The molecule has 4 rings (SSSR count). The molecule has 0 aliphatic carbocycles. The molecule has 1 aliphatic heterocycles. The van der Waals surface area contributed by atoms with Crippen molar-refractivity contribution in [3.05, 3.63) is 95.1 Å². The quantitative estimate of drug-likeness (QED) is 0.498. The average molecular weight is 492 g/mol. The van der Waals surface area contributed by atoms with E-state index in [1.807, 2.05) is 81.4 Å². The summed E-state index contributed by atoms with van der Waals surface area (Å²) in [6, 6.07) is 23.3. The Morgan fingerprint density at radius 2 is 1.37 bits per heavy atom. The van der Waals surface area contributed by atoms with E-state index in [1.165, 1.54) is 4.31 Å². The van der Waals surface area contributed by atoms with Crippen molar-refractivity contribution in [2.45, 2.75) is 32.2 Å². The van der Waals surface area contributed by atoms with Crippen molar-refractivity contribution < 1.29 is 13.2 Å². The van der Waals surface area contributed by atoms with Gasteiger partial charge in [-0.1, -0.05) is 66.2 Å². The molecule has 0 bridgehead atoms. The summed E-state index contributed by atoms with van der Waals surface area (Å²) in [5.74, 6) is -0.167. The SMILES string of the molecule is Cc1cc(C)c(S(=O)(=O)N(CC(=O)N2CCN(c3ccccc3)CC2)Cc2ccccc2)c(C)c1. The lowest BCUT2D eigenvalue weighted by Gasteiger charge is -2.37. The van der Waals surface area contributed by atoms with Crippen LogP contribution in [0.5, 0.6) is 0 Å². The van der Waals surface area contributed by atoms with Crippen LogP contribution in [0.4, 0.5) is 5.69 Å². The lowest BCUT2D eigenvalue weighted by Crippen LogP contribution is -2.51. The fourth-order valence-electron chi connectivity index (χ4n) is 4.82. The number of nitrogens with zero attached hydrogens (tertiary/aromatic N) is 3. The van der Waals surface area contributed by atoms with Gasteiger partial charge in [0.15, 0.2) is 0 Å². The van der Waals surface area contributed by atoms with Crippen molar-refractivity contribution in [1.82, 2.24) is 9.21 Å². The number of anilines is 1. The normalized spacial score (nSPS) is 14.4. The van der Waals surface area contributed by atoms with Crippen molar-refractivity contribution in [3.8, 4) is 0 Å². The molecule has 3 aromatic rings. The van der Waals surface area contributed by atoms with Gasteiger partial charge in [-0.25, -0.2) is 8.42 Å². The summed E-state index contributed by atoms with van der Waals surface area (Å²) in [6.45, 7) is 8.12. The van der Waals surface area contributed by atoms with Crippen LogP contribution in [0.25, 0.3) is 0 Å². The molecule has 0 unspecified atom stereocenters. The molecule has 0 aromatic heterocycles. The second-order valence-corrected chi connectivity index (χ2v) is 11.1. The molecule has 1 aliphatic rings. The molecule has 0 radical (unpaired) electrons. The van der Waals surface area contributed by atoms with Crippen LogP contribution in [0.1, 0.15) is 22.3 Å². The number of hydrogen-bond donors (Lipinski definition) is 0. The lowest BCUT2D eigenvalue weighted by molar-refractivity contribution is -0.131. The largest absolute Gasteiger partial charge is 0.368 e. The van der Waals surface area contributed by atoms with Crippen LogP contribution >= 0.6 is 0 Å². The lowest BCUT2D eigenvalue weighted by atomic mass is 10.1. The molecular weight excluding hydrogens is 458 g/mol. The molecule has 1 saturated heterocycles. The van der Waals surface area contributed by atoms with Gasteiger partial charge >= 0.3 is 0 Å². The van der Waals surface area contributed by atoms with Gasteiger partial charge in [0, 0.05) is 38.4 Å². The Labute approximate surface area is 208 Å². The molecule has 0 N–H and O–H groups in total. The molecule has 1 amide bonds. The van der Waals surface area contributed by atoms with E-state index < -0.39 is 10.0 Å². The highest BCUT2D eigenvalue weighted by atomic mass is 32.2. The molecule has 0 saturated carbocycles. The van der Waals surface area contributed by atoms with Crippen molar-refractivity contribution >= 4 is 21.6 Å². The predicted molar refractivity (Wildman–Crippen MR) is 140 cm³/mol. The standard InChI is InChI=1S/C28H33N3O3S/c1-22-18-23(2)28(24(3)19-22)35(33,34)31(20-25-10-6-4-7-11-25)21-27(32)30-16-14-29(15-17-30)26-12-8-5-9-13-26/h4-13,18-19H,14-17,20-21H2,1-3H3. The summed E-state index contributed by atoms with van der Waals surface area (Å²) in [4.78, 5) is 17.7. The number of carbonyl (C=O) groups is 1. The second-order valence-electron chi connectivity index (χ2n) is 9.19. The van der Waals surface area contributed by atoms with E-state index in [4.69, 9.17) is 0 Å². The molecule has 184 valence electrons. The predicted octanol–water partition coefficient (Wildman–Crippen LogP) is 4.15. The zero-order chi connectivity index (χ0) is 25.0. The summed E-state index contributed by atoms with van der Waals surface area (Å²) in [5.41, 5.74) is 4.40. The minimum absolute atomic E-state index is 0.144. The van der Waals surface area contributed by atoms with Crippen molar-refractivity contribution in [2.24, 2.45) is 0 Å². The fraction of sp³-hybridized carbons (Fsp3) is 0.321. The number of piperazine rings is 1. The van der Waals surface area contributed by atoms with E-state index in [0.717, 1.165) is 29.9 Å². The summed E-state index contributed by atoms with van der Waals surface area (Å²) in [7, 11) is -3.89. The highest BCUT2D eigenvalue weighted by molar-refractivity contribution is 7.89. The van der Waals surface area contributed by atoms with Crippen molar-refractivity contribution in [2.75, 3.05) is 37.6 Å². The maximum absolute atomic E-state index is 13.9. The van der Waals surface area contributed by atoms with Crippen LogP contribution in [0.15, 0.2) is 77.7 Å². The van der Waals surface area contributed by atoms with Gasteiger partial charge in [-0.2, -0.15) is 4.31 Å². The first kappa shape index (κ1) is 24.9. The van der Waals surface area contributed by atoms with Gasteiger partial charge in [0.05, 0.1) is 11.4 Å². The van der Waals surface area contributed by atoms with E-state index in [9.17, 15) is 13.2 Å². The molecule has 1 heterocycles. The van der Waals surface area contributed by atoms with Crippen LogP contribution < -0.4 is 4.90 Å². The van der Waals surface area contributed by atoms with Gasteiger partial charge < -0.3 is 9.80 Å². The van der Waals surface area contributed by atoms with E-state index in [-0.39, 0.29) is 19.0 Å². The zero-order valence-electron chi connectivity index (χ0n) is 20.6. The minimum atomic E-state index is -3.89. The van der Waals surface area contributed by atoms with Gasteiger partial charge in [0.1, 0.15) is 0 Å². The van der Waals surface area contributed by atoms with Gasteiger partial charge in [-0.15, -0.1) is 0 Å². The number of carbonyl (C=O) groups excluding carboxylic acids is 1. The minimum Gasteiger partial charge on any atom is -0.368 e. The molecule has 35 heavy (non-hydrogen) atoms. The van der Waals surface area contributed by atoms with Crippen LogP contribution in [0, 0.1) is 20.8 Å². The third-order valence-electron chi connectivity index (χ3n) is 6.47. The third-order valence-corrected chi connectivity index (χ3v) is 8.57. The Kier molecular flexibility index (Phi) is 7.57. The van der Waals surface area contributed by atoms with E-state index in [2.05, 4.69) is 17.0 Å². The molecule has 3 aromatic carbocycles. The summed E-state index contributed by atoms with van der Waals surface area (Å²) in [6.07, 6.45) is 0. The van der Waals surface area contributed by atoms with Crippen LogP contribution in [-0.4, -0.2) is 56.3 Å². The Bertz CT molecular complexity index is 1250. The monoisotopic (exact) mass is 491 g/mol. The van der Waals surface area contributed by atoms with Crippen LogP contribution in [0.3, 0.4) is 0 Å². The number of rotatable bonds is 7. The topological polar surface area (TPSA) is 60.9 Å². The summed E-state index contributed by atoms with van der Waals surface area (Å²) in [5, 5.41) is 0. The highest BCUT2D eigenvalue weighted by Gasteiger charge is 2.32. The molecule has 7 heteroatoms. The zero-order valence-corrected chi connectivity index (χ0v) is 21.5. The van der Waals surface area contributed by atoms with Crippen LogP contribution in [-0.2, 0) is 21.4 Å². The molecule has 1 fully saturated rings. The first-order valence-corrected chi connectivity index (χ1v) is 13.4. The van der Waals surface area contributed by atoms with Crippen LogP contribution in [0.2, 0.25) is 0 Å². The molecule has 0 spiro atoms. The second kappa shape index (κ2) is 10.6. The smallest absolute Gasteiger partial charge is 0.244 e. The molecule has 6 nitrogen and oxygen atoms in total. The number of hydrogen-bond acceptors (Lipinski definition) is 4. The van der Waals surface area contributed by atoms with E-state index >= 15 is 0 Å². The maximum Gasteiger partial charge on any atom is 0.244 e. The first-order chi connectivity index (χ1) is 16.8. The fourth-order valence-corrected chi connectivity index (χ4v) is 6.61.